The fraction of sp³-hybridized carbons (Fsp3) is 0.0351. The van der Waals surface area contributed by atoms with Crippen LogP contribution in [-0.2, 0) is 0 Å². The second kappa shape index (κ2) is 14.8. The van der Waals surface area contributed by atoms with Crippen molar-refractivity contribution in [2.75, 3.05) is 0 Å². The Kier molecular flexibility index (Phi) is 8.56. The molecule has 0 unspecified atom stereocenters. The van der Waals surface area contributed by atoms with E-state index in [0.29, 0.717) is 17.5 Å². The molecule has 3 aromatic heterocycles. The molecule has 0 bridgehead atoms. The highest BCUT2D eigenvalue weighted by Gasteiger charge is 2.21. The van der Waals surface area contributed by atoms with Gasteiger partial charge in [0.25, 0.3) is 0 Å². The molecule has 3 heterocycles. The number of allylic oxidation sites excluding steroid dienone is 4. The average Bonchev–Trinajstić information content (AvgIpc) is 3.90. The van der Waals surface area contributed by atoms with Gasteiger partial charge in [0.1, 0.15) is 11.2 Å². The van der Waals surface area contributed by atoms with Crippen LogP contribution in [-0.4, -0.2) is 19.5 Å². The number of hydrogen-bond donors (Lipinski definition) is 0. The summed E-state index contributed by atoms with van der Waals surface area (Å²) in [7, 11) is 0. The van der Waals surface area contributed by atoms with E-state index in [0.717, 1.165) is 90.5 Å². The Morgan fingerprint density at radius 2 is 1.05 bits per heavy atom. The SMILES string of the molecule is C1=CC(c2nc(-c3ccccc3)nc(-c3cccc4oc5ccc(-c6ccc(-c7ccccc7)c(-n7c8ccccc8c8cc(-c9ccccc9)ccc87)c6)cc5c34)n2)=CCC1. The maximum atomic E-state index is 6.57. The van der Waals surface area contributed by atoms with Gasteiger partial charge in [0.2, 0.25) is 0 Å². The lowest BCUT2D eigenvalue weighted by Crippen LogP contribution is -2.03. The van der Waals surface area contributed by atoms with E-state index >= 15 is 0 Å². The Morgan fingerprint density at radius 3 is 1.85 bits per heavy atom. The lowest BCUT2D eigenvalue weighted by molar-refractivity contribution is 0.669. The molecule has 11 aromatic rings. The second-order valence-electron chi connectivity index (χ2n) is 15.9. The van der Waals surface area contributed by atoms with Gasteiger partial charge < -0.3 is 8.98 Å². The quantitative estimate of drug-likeness (QED) is 0.161. The van der Waals surface area contributed by atoms with E-state index in [1.54, 1.807) is 0 Å². The molecule has 0 aliphatic heterocycles. The zero-order valence-electron chi connectivity index (χ0n) is 33.7. The van der Waals surface area contributed by atoms with Crippen molar-refractivity contribution in [1.29, 1.82) is 0 Å². The summed E-state index contributed by atoms with van der Waals surface area (Å²) in [5.74, 6) is 1.93. The molecule has 0 saturated heterocycles. The van der Waals surface area contributed by atoms with E-state index in [9.17, 15) is 0 Å². The van der Waals surface area contributed by atoms with Crippen molar-refractivity contribution in [2.45, 2.75) is 12.8 Å². The molecular weight excluding hydrogens is 757 g/mol. The Labute approximate surface area is 358 Å². The Hall–Kier alpha value is -8.15. The van der Waals surface area contributed by atoms with Crippen LogP contribution in [0.15, 0.2) is 211 Å². The Morgan fingerprint density at radius 1 is 0.403 bits per heavy atom. The molecule has 8 aromatic carbocycles. The minimum Gasteiger partial charge on any atom is -0.456 e. The van der Waals surface area contributed by atoms with E-state index < -0.39 is 0 Å². The predicted octanol–water partition coefficient (Wildman–Crippen LogP) is 14.9. The number of furan rings is 1. The molecule has 0 N–H and O–H groups in total. The van der Waals surface area contributed by atoms with E-state index in [2.05, 4.69) is 168 Å². The number of para-hydroxylation sites is 1. The lowest BCUT2D eigenvalue weighted by atomic mass is 9.96. The van der Waals surface area contributed by atoms with Gasteiger partial charge >= 0.3 is 0 Å². The monoisotopic (exact) mass is 794 g/mol. The molecule has 0 fully saturated rings. The summed E-state index contributed by atoms with van der Waals surface area (Å²) in [5, 5.41) is 4.42. The van der Waals surface area contributed by atoms with Crippen LogP contribution < -0.4 is 0 Å². The molecule has 5 nitrogen and oxygen atoms in total. The van der Waals surface area contributed by atoms with E-state index in [-0.39, 0.29) is 0 Å². The van der Waals surface area contributed by atoms with Crippen LogP contribution in [0.2, 0.25) is 0 Å². The first-order valence-electron chi connectivity index (χ1n) is 21.2. The molecule has 0 spiro atoms. The molecular formula is C57H38N4O. The second-order valence-corrected chi connectivity index (χ2v) is 15.9. The minimum atomic E-state index is 0.615. The van der Waals surface area contributed by atoms with Gasteiger partial charge in [-0.15, -0.1) is 0 Å². The van der Waals surface area contributed by atoms with Gasteiger partial charge in [0.15, 0.2) is 17.5 Å². The third-order valence-corrected chi connectivity index (χ3v) is 12.1. The molecule has 1 aliphatic rings. The highest BCUT2D eigenvalue weighted by Crippen LogP contribution is 2.42. The standard InChI is InChI=1S/C57H38N4O/c1-5-16-37(17-6-1)41-29-32-50-47(34-41)45-24-13-14-26-49(45)61(50)51-36-43(28-31-44(51)38-18-7-2-8-19-38)42-30-33-52-48(35-42)54-46(25-15-27-53(54)62-52)57-59-55(39-20-9-3-10-21-39)58-56(60-57)40-22-11-4-12-23-40/h1-3,5-11,13-36H,4,12H2. The summed E-state index contributed by atoms with van der Waals surface area (Å²) in [6, 6.07) is 66.6. The third-order valence-electron chi connectivity index (χ3n) is 12.1. The van der Waals surface area contributed by atoms with Crippen LogP contribution in [0.25, 0.3) is 111 Å². The summed E-state index contributed by atoms with van der Waals surface area (Å²) < 4.78 is 9.01. The number of aromatic nitrogens is 4. The zero-order valence-corrected chi connectivity index (χ0v) is 33.7. The van der Waals surface area contributed by atoms with Crippen LogP contribution in [0, 0.1) is 0 Å². The molecule has 12 rings (SSSR count). The summed E-state index contributed by atoms with van der Waals surface area (Å²) in [5.41, 5.74) is 14.8. The summed E-state index contributed by atoms with van der Waals surface area (Å²) in [4.78, 5) is 15.2. The topological polar surface area (TPSA) is 56.7 Å². The van der Waals surface area contributed by atoms with Crippen LogP contribution in [0.4, 0.5) is 0 Å². The van der Waals surface area contributed by atoms with Crippen molar-refractivity contribution >= 4 is 49.3 Å². The number of benzene rings is 8. The number of hydrogen-bond acceptors (Lipinski definition) is 4. The Balaban J connectivity index is 1.05. The molecule has 0 radical (unpaired) electrons. The van der Waals surface area contributed by atoms with E-state index in [1.165, 1.54) is 21.9 Å². The van der Waals surface area contributed by atoms with Gasteiger partial charge in [-0.25, -0.2) is 15.0 Å². The van der Waals surface area contributed by atoms with Gasteiger partial charge in [-0.3, -0.25) is 0 Å². The molecule has 292 valence electrons. The number of fused-ring (bicyclic) bond motifs is 6. The van der Waals surface area contributed by atoms with Gasteiger partial charge in [-0.1, -0.05) is 164 Å². The maximum absolute atomic E-state index is 6.57. The first kappa shape index (κ1) is 35.8. The largest absolute Gasteiger partial charge is 0.456 e. The summed E-state index contributed by atoms with van der Waals surface area (Å²) in [6.07, 6.45) is 8.50. The van der Waals surface area contributed by atoms with Crippen molar-refractivity contribution < 1.29 is 4.42 Å². The van der Waals surface area contributed by atoms with Gasteiger partial charge in [0.05, 0.1) is 16.7 Å². The van der Waals surface area contributed by atoms with Crippen molar-refractivity contribution in [2.24, 2.45) is 0 Å². The van der Waals surface area contributed by atoms with Crippen molar-refractivity contribution in [3.8, 4) is 61.8 Å². The number of nitrogens with zero attached hydrogens (tertiary/aromatic N) is 4. The molecule has 0 amide bonds. The molecule has 0 saturated carbocycles. The summed E-state index contributed by atoms with van der Waals surface area (Å²) >= 11 is 0. The molecule has 62 heavy (non-hydrogen) atoms. The van der Waals surface area contributed by atoms with Crippen LogP contribution in [0.5, 0.6) is 0 Å². The van der Waals surface area contributed by atoms with Crippen LogP contribution in [0.1, 0.15) is 18.7 Å². The first-order chi connectivity index (χ1) is 30.7. The fourth-order valence-corrected chi connectivity index (χ4v) is 9.11. The summed E-state index contributed by atoms with van der Waals surface area (Å²) in [6.45, 7) is 0. The highest BCUT2D eigenvalue weighted by atomic mass is 16.3. The first-order valence-corrected chi connectivity index (χ1v) is 21.2. The van der Waals surface area contributed by atoms with Gasteiger partial charge in [0, 0.05) is 43.8 Å². The fourth-order valence-electron chi connectivity index (χ4n) is 9.11. The van der Waals surface area contributed by atoms with Crippen LogP contribution in [0.3, 0.4) is 0 Å². The Bertz CT molecular complexity index is 3560. The smallest absolute Gasteiger partial charge is 0.164 e. The molecule has 1 aliphatic carbocycles. The molecule has 5 heteroatoms. The average molecular weight is 795 g/mol. The van der Waals surface area contributed by atoms with Crippen molar-refractivity contribution in [3.05, 3.63) is 212 Å². The molecule has 0 atom stereocenters. The van der Waals surface area contributed by atoms with Gasteiger partial charge in [-0.05, 0) is 83.1 Å². The zero-order chi connectivity index (χ0) is 41.0. The van der Waals surface area contributed by atoms with Crippen molar-refractivity contribution in [1.82, 2.24) is 19.5 Å². The third kappa shape index (κ3) is 6.13. The highest BCUT2D eigenvalue weighted by molar-refractivity contribution is 6.13. The lowest BCUT2D eigenvalue weighted by Gasteiger charge is -2.16. The minimum absolute atomic E-state index is 0.615. The maximum Gasteiger partial charge on any atom is 0.164 e. The van der Waals surface area contributed by atoms with E-state index in [4.69, 9.17) is 19.4 Å². The predicted molar refractivity (Wildman–Crippen MR) is 255 cm³/mol. The van der Waals surface area contributed by atoms with E-state index in [1.807, 2.05) is 42.5 Å². The number of rotatable bonds is 7. The normalized spacial score (nSPS) is 12.7. The van der Waals surface area contributed by atoms with Crippen molar-refractivity contribution in [3.63, 3.8) is 0 Å². The van der Waals surface area contributed by atoms with Gasteiger partial charge in [-0.2, -0.15) is 0 Å². The van der Waals surface area contributed by atoms with Crippen LogP contribution >= 0.6 is 0 Å².